The van der Waals surface area contributed by atoms with Gasteiger partial charge in [0.2, 0.25) is 0 Å². The highest BCUT2D eigenvalue weighted by Crippen LogP contribution is 2.27. The molecule has 0 heterocycles. The lowest BCUT2D eigenvalue weighted by Gasteiger charge is -2.13. The molecule has 18 heavy (non-hydrogen) atoms. The lowest BCUT2D eigenvalue weighted by atomic mass is 10.2. The van der Waals surface area contributed by atoms with E-state index in [1.165, 1.54) is 7.11 Å². The fourth-order valence-electron chi connectivity index (χ4n) is 1.28. The van der Waals surface area contributed by atoms with Crippen molar-refractivity contribution in [1.29, 1.82) is 0 Å². The number of benzene rings is 1. The number of hydrogen-bond acceptors (Lipinski definition) is 4. The Morgan fingerprint density at radius 3 is 2.61 bits per heavy atom. The molecule has 0 aromatic heterocycles. The highest BCUT2D eigenvalue weighted by Gasteiger charge is 2.15. The van der Waals surface area contributed by atoms with Crippen LogP contribution in [-0.4, -0.2) is 32.8 Å². The van der Waals surface area contributed by atoms with Gasteiger partial charge in [-0.05, 0) is 34.1 Å². The Labute approximate surface area is 121 Å². The SMILES string of the molecule is COc1ccc(NC(=O)C(CN)OC)cc1Br.Cl. The first-order valence-electron chi connectivity index (χ1n) is 4.99. The van der Waals surface area contributed by atoms with E-state index < -0.39 is 6.10 Å². The number of nitrogens with one attached hydrogen (secondary N) is 1. The Balaban J connectivity index is 0.00000289. The van der Waals surface area contributed by atoms with Crippen molar-refractivity contribution >= 4 is 39.9 Å². The van der Waals surface area contributed by atoms with Gasteiger partial charge < -0.3 is 20.5 Å². The van der Waals surface area contributed by atoms with Crippen LogP contribution in [0.4, 0.5) is 5.69 Å². The molecule has 0 fully saturated rings. The summed E-state index contributed by atoms with van der Waals surface area (Å²) in [6, 6.07) is 5.24. The summed E-state index contributed by atoms with van der Waals surface area (Å²) in [5, 5.41) is 2.71. The van der Waals surface area contributed by atoms with Crippen LogP contribution in [0.5, 0.6) is 5.75 Å². The maximum atomic E-state index is 11.7. The number of rotatable bonds is 5. The van der Waals surface area contributed by atoms with Gasteiger partial charge in [-0.3, -0.25) is 4.79 Å². The molecule has 7 heteroatoms. The molecule has 1 aromatic carbocycles. The van der Waals surface area contributed by atoms with Gasteiger partial charge in [0.1, 0.15) is 11.9 Å². The summed E-state index contributed by atoms with van der Waals surface area (Å²) in [4.78, 5) is 11.7. The predicted molar refractivity (Wildman–Crippen MR) is 76.4 cm³/mol. The van der Waals surface area contributed by atoms with Crippen molar-refractivity contribution in [1.82, 2.24) is 0 Å². The summed E-state index contributed by atoms with van der Waals surface area (Å²) in [5.41, 5.74) is 6.05. The molecule has 1 rings (SSSR count). The van der Waals surface area contributed by atoms with Gasteiger partial charge in [0, 0.05) is 19.3 Å². The third kappa shape index (κ3) is 4.45. The Hall–Kier alpha value is -0.820. The monoisotopic (exact) mass is 338 g/mol. The fourth-order valence-corrected chi connectivity index (χ4v) is 1.82. The topological polar surface area (TPSA) is 73.6 Å². The highest BCUT2D eigenvalue weighted by molar-refractivity contribution is 9.10. The summed E-state index contributed by atoms with van der Waals surface area (Å²) in [7, 11) is 3.02. The number of amides is 1. The van der Waals surface area contributed by atoms with Gasteiger partial charge in [-0.25, -0.2) is 0 Å². The molecular formula is C11H16BrClN2O3. The number of halogens is 2. The van der Waals surface area contributed by atoms with Crippen LogP contribution in [0, 0.1) is 0 Å². The summed E-state index contributed by atoms with van der Waals surface area (Å²) in [5.74, 6) is 0.428. The Bertz CT molecular complexity index is 400. The van der Waals surface area contributed by atoms with E-state index in [1.54, 1.807) is 25.3 Å². The van der Waals surface area contributed by atoms with Gasteiger partial charge in [-0.1, -0.05) is 0 Å². The zero-order valence-electron chi connectivity index (χ0n) is 10.1. The lowest BCUT2D eigenvalue weighted by Crippen LogP contribution is -2.35. The van der Waals surface area contributed by atoms with Crippen molar-refractivity contribution in [3.8, 4) is 5.75 Å². The van der Waals surface area contributed by atoms with Crippen molar-refractivity contribution in [2.45, 2.75) is 6.10 Å². The van der Waals surface area contributed by atoms with E-state index in [0.717, 1.165) is 4.47 Å². The second-order valence-electron chi connectivity index (χ2n) is 3.30. The largest absolute Gasteiger partial charge is 0.496 e. The molecule has 1 aromatic rings. The van der Waals surface area contributed by atoms with Crippen LogP contribution in [0.25, 0.3) is 0 Å². The molecule has 0 saturated heterocycles. The van der Waals surface area contributed by atoms with Crippen LogP contribution in [0.1, 0.15) is 0 Å². The first-order valence-corrected chi connectivity index (χ1v) is 5.79. The Morgan fingerprint density at radius 1 is 1.50 bits per heavy atom. The van der Waals surface area contributed by atoms with Crippen LogP contribution >= 0.6 is 28.3 Å². The average molecular weight is 340 g/mol. The normalized spacial score (nSPS) is 11.3. The number of ether oxygens (including phenoxy) is 2. The first-order chi connectivity index (χ1) is 8.12. The third-order valence-electron chi connectivity index (χ3n) is 2.21. The van der Waals surface area contributed by atoms with E-state index in [-0.39, 0.29) is 24.9 Å². The van der Waals surface area contributed by atoms with Gasteiger partial charge in [0.25, 0.3) is 5.91 Å². The van der Waals surface area contributed by atoms with Gasteiger partial charge >= 0.3 is 0 Å². The fraction of sp³-hybridized carbons (Fsp3) is 0.364. The quantitative estimate of drug-likeness (QED) is 0.858. The Morgan fingerprint density at radius 2 is 2.17 bits per heavy atom. The minimum absolute atomic E-state index is 0. The predicted octanol–water partition coefficient (Wildman–Crippen LogP) is 1.79. The number of anilines is 1. The van der Waals surface area contributed by atoms with Gasteiger partial charge in [-0.2, -0.15) is 0 Å². The van der Waals surface area contributed by atoms with Crippen molar-refractivity contribution in [2.24, 2.45) is 5.73 Å². The van der Waals surface area contributed by atoms with Crippen molar-refractivity contribution in [3.63, 3.8) is 0 Å². The van der Waals surface area contributed by atoms with Gasteiger partial charge in [0.05, 0.1) is 11.6 Å². The molecule has 1 amide bonds. The summed E-state index contributed by atoms with van der Waals surface area (Å²) in [6.07, 6.45) is -0.643. The van der Waals surface area contributed by atoms with Crippen molar-refractivity contribution < 1.29 is 14.3 Å². The van der Waals surface area contributed by atoms with Gasteiger partial charge in [-0.15, -0.1) is 12.4 Å². The zero-order valence-corrected chi connectivity index (χ0v) is 12.5. The molecule has 1 unspecified atom stereocenters. The van der Waals surface area contributed by atoms with E-state index >= 15 is 0 Å². The third-order valence-corrected chi connectivity index (χ3v) is 2.83. The van der Waals surface area contributed by atoms with Gasteiger partial charge in [0.15, 0.2) is 0 Å². The minimum atomic E-state index is -0.643. The van der Waals surface area contributed by atoms with Crippen molar-refractivity contribution in [2.75, 3.05) is 26.1 Å². The summed E-state index contributed by atoms with van der Waals surface area (Å²) < 4.78 is 10.8. The standard InChI is InChI=1S/C11H15BrN2O3.ClH/c1-16-9-4-3-7(5-8(9)12)14-11(15)10(6-13)17-2;/h3-5,10H,6,13H2,1-2H3,(H,14,15);1H. The van der Waals surface area contributed by atoms with Crippen molar-refractivity contribution in [3.05, 3.63) is 22.7 Å². The van der Waals surface area contributed by atoms with E-state index in [9.17, 15) is 4.79 Å². The van der Waals surface area contributed by atoms with Crippen LogP contribution in [0.2, 0.25) is 0 Å². The molecule has 0 aliphatic rings. The smallest absolute Gasteiger partial charge is 0.254 e. The minimum Gasteiger partial charge on any atom is -0.496 e. The highest BCUT2D eigenvalue weighted by atomic mass is 79.9. The van der Waals surface area contributed by atoms with Crippen LogP contribution in [-0.2, 0) is 9.53 Å². The number of carbonyl (C=O) groups excluding carboxylic acids is 1. The van der Waals surface area contributed by atoms with E-state index in [2.05, 4.69) is 21.2 Å². The summed E-state index contributed by atoms with van der Waals surface area (Å²) >= 11 is 3.34. The molecule has 102 valence electrons. The number of carbonyl (C=O) groups is 1. The summed E-state index contributed by atoms with van der Waals surface area (Å²) in [6.45, 7) is 0.139. The Kier molecular flexibility index (Phi) is 7.93. The second-order valence-corrected chi connectivity index (χ2v) is 4.15. The molecule has 0 saturated carbocycles. The molecule has 0 radical (unpaired) electrons. The van der Waals surface area contributed by atoms with E-state index in [0.29, 0.717) is 11.4 Å². The van der Waals surface area contributed by atoms with Crippen LogP contribution < -0.4 is 15.8 Å². The molecule has 0 aliphatic heterocycles. The first kappa shape index (κ1) is 17.2. The average Bonchev–Trinajstić information content (AvgIpc) is 2.31. The maximum Gasteiger partial charge on any atom is 0.254 e. The molecule has 5 nitrogen and oxygen atoms in total. The second kappa shape index (κ2) is 8.31. The maximum absolute atomic E-state index is 11.7. The van der Waals surface area contributed by atoms with Crippen LogP contribution in [0.15, 0.2) is 22.7 Å². The van der Waals surface area contributed by atoms with Crippen LogP contribution in [0.3, 0.4) is 0 Å². The molecule has 0 aliphatic carbocycles. The van der Waals surface area contributed by atoms with E-state index in [1.807, 2.05) is 0 Å². The number of hydrogen-bond donors (Lipinski definition) is 2. The molecule has 0 spiro atoms. The zero-order chi connectivity index (χ0) is 12.8. The molecule has 3 N–H and O–H groups in total. The molecule has 1 atom stereocenters. The van der Waals surface area contributed by atoms with E-state index in [4.69, 9.17) is 15.2 Å². The molecular weight excluding hydrogens is 323 g/mol. The number of nitrogens with two attached hydrogens (primary N) is 1. The lowest BCUT2D eigenvalue weighted by molar-refractivity contribution is -0.125. The number of methoxy groups -OCH3 is 2. The molecule has 0 bridgehead atoms.